The van der Waals surface area contributed by atoms with Crippen LogP contribution in [-0.2, 0) is 35.3 Å². The Morgan fingerprint density at radius 3 is 0.848 bits per heavy atom. The van der Waals surface area contributed by atoms with Crippen molar-refractivity contribution in [1.82, 2.24) is 19.6 Å². The molecule has 2 aliphatic heterocycles. The van der Waals surface area contributed by atoms with Crippen LogP contribution in [0.2, 0.25) is 0 Å². The van der Waals surface area contributed by atoms with Crippen LogP contribution in [0.25, 0.3) is 43.1 Å². The van der Waals surface area contributed by atoms with Crippen molar-refractivity contribution in [2.24, 2.45) is 0 Å². The van der Waals surface area contributed by atoms with Crippen molar-refractivity contribution in [1.29, 1.82) is 0 Å². The second kappa shape index (κ2) is 27.0. The third kappa shape index (κ3) is 11.4. The number of nitrogens with zero attached hydrogens (tertiary/aromatic N) is 4. The quantitative estimate of drug-likeness (QED) is 0.0200. The van der Waals surface area contributed by atoms with E-state index in [0.717, 1.165) is 32.1 Å². The zero-order valence-electron chi connectivity index (χ0n) is 53.2. The molecule has 0 radical (unpaired) electrons. The van der Waals surface area contributed by atoms with Crippen LogP contribution in [0.1, 0.15) is 131 Å². The van der Waals surface area contributed by atoms with E-state index in [1.807, 2.05) is 139 Å². The number of hydrogen-bond acceptors (Lipinski definition) is 10. The summed E-state index contributed by atoms with van der Waals surface area (Å²) in [5.74, 6) is -1.62. The van der Waals surface area contributed by atoms with Gasteiger partial charge in [-0.15, -0.1) is 26.3 Å². The summed E-state index contributed by atoms with van der Waals surface area (Å²) < 4.78 is 29.1. The van der Waals surface area contributed by atoms with Crippen molar-refractivity contribution in [3.8, 4) is 46.0 Å². The van der Waals surface area contributed by atoms with E-state index < -0.39 is 47.5 Å². The van der Waals surface area contributed by atoms with Gasteiger partial charge in [-0.25, -0.2) is 0 Å². The molecule has 9 aromatic carbocycles. The molecular formula is C78H76N4O10. The Morgan fingerprint density at radius 2 is 0.630 bits per heavy atom. The number of benzene rings is 9. The molecule has 0 bridgehead atoms. The van der Waals surface area contributed by atoms with E-state index in [2.05, 4.69) is 26.3 Å². The fraction of sp³-hybridized carbons (Fsp3) is 0.256. The highest BCUT2D eigenvalue weighted by Crippen LogP contribution is 2.58. The molecule has 14 heteroatoms. The van der Waals surface area contributed by atoms with E-state index >= 15 is 28.8 Å². The normalized spacial score (nSPS) is 13.4. The maximum absolute atomic E-state index is 16.2. The lowest BCUT2D eigenvalue weighted by atomic mass is 9.80. The van der Waals surface area contributed by atoms with Gasteiger partial charge in [0.25, 0.3) is 23.6 Å². The zero-order chi connectivity index (χ0) is 65.1. The first kappa shape index (κ1) is 63.2. The lowest BCUT2D eigenvalue weighted by molar-refractivity contribution is -0.135. The molecule has 0 aromatic heterocycles. The molecular weight excluding hydrogens is 1150 g/mol. The van der Waals surface area contributed by atoms with E-state index in [9.17, 15) is 0 Å². The van der Waals surface area contributed by atoms with Crippen molar-refractivity contribution in [3.63, 3.8) is 0 Å². The largest absolute Gasteiger partial charge is 0.457 e. The smallest absolute Gasteiger partial charge is 0.262 e. The van der Waals surface area contributed by atoms with E-state index in [4.69, 9.17) is 18.9 Å². The van der Waals surface area contributed by atoms with Gasteiger partial charge >= 0.3 is 0 Å². The van der Waals surface area contributed by atoms with Crippen LogP contribution in [0.15, 0.2) is 172 Å². The van der Waals surface area contributed by atoms with Crippen LogP contribution in [-0.4, -0.2) is 93.3 Å². The lowest BCUT2D eigenvalue weighted by Gasteiger charge is -2.37. The van der Waals surface area contributed by atoms with Gasteiger partial charge < -0.3 is 28.7 Å². The van der Waals surface area contributed by atoms with Gasteiger partial charge in [0.05, 0.1) is 22.3 Å². The number of fused-ring (bicyclic) bond motifs is 2. The molecule has 0 N–H and O–H groups in total. The standard InChI is InChI=1S/C78H76N4O10/c1-11-25-59(77(87)79(35-13-3)36-14-4)81-73(83)55-43-61(89-51-31-21-27-47(17-7)39-51)67-69-63(91-53-33-23-29-49(19-9)41-53)45-57-66-58(76(86)82(75(57)85)60(26-12-2)78(88)80(37-15-5)38-16-6)46-64(92-54-34-24-30-50(20-10)42-54)70(72(66)69)68-62(44-56(74(81)84)65(55)71(67)68)90-52-32-22-28-48(18-8)40-52/h13-16,21-24,27-34,39-46,59-60H,3-6,11-12,17-20,25-26,35-38H2,1-2,7-10H3. The maximum atomic E-state index is 16.2. The lowest BCUT2D eigenvalue weighted by Crippen LogP contribution is -2.54. The number of amides is 6. The van der Waals surface area contributed by atoms with E-state index in [0.29, 0.717) is 93.8 Å². The first-order valence-electron chi connectivity index (χ1n) is 31.9. The predicted molar refractivity (Wildman–Crippen MR) is 364 cm³/mol. The molecule has 0 aliphatic carbocycles. The maximum Gasteiger partial charge on any atom is 0.262 e. The number of ether oxygens (including phenoxy) is 4. The Balaban J connectivity index is 1.37. The first-order chi connectivity index (χ1) is 44.7. The Kier molecular flexibility index (Phi) is 18.6. The summed E-state index contributed by atoms with van der Waals surface area (Å²) in [5.41, 5.74) is 4.09. The van der Waals surface area contributed by atoms with Gasteiger partial charge in [-0.2, -0.15) is 0 Å². The second-order valence-corrected chi connectivity index (χ2v) is 23.3. The average molecular weight is 1230 g/mol. The minimum atomic E-state index is -1.25. The van der Waals surface area contributed by atoms with Gasteiger partial charge in [0.15, 0.2) is 0 Å². The van der Waals surface area contributed by atoms with Crippen molar-refractivity contribution < 1.29 is 47.7 Å². The number of aryl methyl sites for hydroxylation is 4. The highest BCUT2D eigenvalue weighted by molar-refractivity contribution is 6.45. The van der Waals surface area contributed by atoms with Crippen molar-refractivity contribution in [2.45, 2.75) is 105 Å². The van der Waals surface area contributed by atoms with Gasteiger partial charge in [0.2, 0.25) is 11.8 Å². The van der Waals surface area contributed by atoms with Crippen LogP contribution in [0, 0.1) is 0 Å². The zero-order valence-corrected chi connectivity index (χ0v) is 53.2. The molecule has 2 heterocycles. The van der Waals surface area contributed by atoms with Crippen LogP contribution in [0.5, 0.6) is 46.0 Å². The van der Waals surface area contributed by atoms with Gasteiger partial charge in [-0.1, -0.05) is 127 Å². The molecule has 0 saturated heterocycles. The monoisotopic (exact) mass is 1230 g/mol. The number of hydrogen-bond donors (Lipinski definition) is 0. The Bertz CT molecular complexity index is 3960. The Hall–Kier alpha value is -10.3. The highest BCUT2D eigenvalue weighted by atomic mass is 16.5. The van der Waals surface area contributed by atoms with E-state index in [1.165, 1.54) is 9.80 Å². The topological polar surface area (TPSA) is 152 Å². The van der Waals surface area contributed by atoms with Crippen LogP contribution in [0.3, 0.4) is 0 Å². The first-order valence-corrected chi connectivity index (χ1v) is 31.9. The molecule has 9 aromatic rings. The molecule has 0 saturated carbocycles. The van der Waals surface area contributed by atoms with Crippen LogP contribution in [0.4, 0.5) is 0 Å². The van der Waals surface area contributed by atoms with Crippen LogP contribution < -0.4 is 18.9 Å². The number of imide groups is 2. The second-order valence-electron chi connectivity index (χ2n) is 23.3. The van der Waals surface area contributed by atoms with Gasteiger partial charge in [-0.3, -0.25) is 38.6 Å². The van der Waals surface area contributed by atoms with Gasteiger partial charge in [0, 0.05) is 69.3 Å². The van der Waals surface area contributed by atoms with E-state index in [1.54, 1.807) is 48.6 Å². The summed E-state index contributed by atoms with van der Waals surface area (Å²) in [7, 11) is 0. The van der Waals surface area contributed by atoms with E-state index in [-0.39, 0.29) is 95.0 Å². The molecule has 468 valence electrons. The SMILES string of the molecule is C=CCN(CC=C)C(=O)C(CCC)N1C(=O)c2cc(Oc3cccc(CC)c3)c3c4c(Oc5cccc(CC)c5)cc5c6c(cc(Oc7cccc(CC)c7)c(c7c(Oc8cccc(CC)c8)cc(c2c37)C1=O)c64)C(=O)N(C(CCC)C(=O)N(CC=C)CC=C)C5=O. The Labute approximate surface area is 536 Å². The molecule has 6 amide bonds. The third-order valence-electron chi connectivity index (χ3n) is 17.4. The number of carbonyl (C=O) groups is 6. The minimum Gasteiger partial charge on any atom is -0.457 e. The molecule has 2 aliphatic rings. The molecule has 11 rings (SSSR count). The highest BCUT2D eigenvalue weighted by Gasteiger charge is 2.47. The molecule has 14 nitrogen and oxygen atoms in total. The molecule has 2 atom stereocenters. The average Bonchev–Trinajstić information content (AvgIpc) is 0.674. The van der Waals surface area contributed by atoms with Crippen molar-refractivity contribution in [3.05, 3.63) is 216 Å². The summed E-state index contributed by atoms with van der Waals surface area (Å²) in [6.45, 7) is 28.1. The van der Waals surface area contributed by atoms with Crippen LogP contribution >= 0.6 is 0 Å². The predicted octanol–water partition coefficient (Wildman–Crippen LogP) is 17.1. The summed E-state index contributed by atoms with van der Waals surface area (Å²) >= 11 is 0. The number of rotatable bonds is 28. The van der Waals surface area contributed by atoms with Crippen molar-refractivity contribution >= 4 is 78.5 Å². The van der Waals surface area contributed by atoms with Gasteiger partial charge in [-0.05, 0) is 134 Å². The molecule has 2 unspecified atom stereocenters. The summed E-state index contributed by atoms with van der Waals surface area (Å²) in [6.07, 6.45) is 10.2. The molecule has 92 heavy (non-hydrogen) atoms. The summed E-state index contributed by atoms with van der Waals surface area (Å²) in [5, 5.41) is 2.53. The summed E-state index contributed by atoms with van der Waals surface area (Å²) in [4.78, 5) is 99.9. The molecule has 0 spiro atoms. The minimum absolute atomic E-state index is 0.0635. The third-order valence-corrected chi connectivity index (χ3v) is 17.4. The Morgan fingerprint density at radius 1 is 0.380 bits per heavy atom. The van der Waals surface area contributed by atoms with Gasteiger partial charge in [0.1, 0.15) is 58.1 Å². The van der Waals surface area contributed by atoms with Crippen molar-refractivity contribution in [2.75, 3.05) is 26.2 Å². The summed E-state index contributed by atoms with van der Waals surface area (Å²) in [6, 6.07) is 34.4. The molecule has 0 fully saturated rings. The fourth-order valence-electron chi connectivity index (χ4n) is 13.1. The number of carbonyl (C=O) groups excluding carboxylic acids is 6. The fourth-order valence-corrected chi connectivity index (χ4v) is 13.1.